The van der Waals surface area contributed by atoms with E-state index in [1.54, 1.807) is 26.8 Å². The highest BCUT2D eigenvalue weighted by atomic mass is 32.2. The quantitative estimate of drug-likeness (QED) is 0.117. The lowest BCUT2D eigenvalue weighted by atomic mass is 9.92. The van der Waals surface area contributed by atoms with Crippen molar-refractivity contribution in [2.24, 2.45) is 5.92 Å². The van der Waals surface area contributed by atoms with E-state index in [4.69, 9.17) is 9.47 Å². The molecule has 308 valence electrons. The average molecular weight is 810 g/mol. The Labute approximate surface area is 322 Å². The number of nitrogens with zero attached hydrogens (tertiary/aromatic N) is 2. The second-order valence-corrected chi connectivity index (χ2v) is 18.3. The SMILES string of the molecule is CC(C)(C)OC(=O)NC1(C=O)CCCCCC=CC2CC2(C(=O)NS(=O)(=O)C2CC2)NC(=O)C2CC(OC(=O)N3C(O)(O)c4cccc(F)c4C3(O)O)CN2C1. The molecule has 0 spiro atoms. The maximum Gasteiger partial charge on any atom is 0.419 e. The summed E-state index contributed by atoms with van der Waals surface area (Å²) in [6.07, 6.45) is 2.94. The van der Waals surface area contributed by atoms with Crippen LogP contribution in [0.4, 0.5) is 14.0 Å². The molecule has 18 nitrogen and oxygen atoms in total. The first-order chi connectivity index (χ1) is 26.0. The van der Waals surface area contributed by atoms with Crippen molar-refractivity contribution in [3.8, 4) is 0 Å². The number of amides is 4. The first kappa shape index (κ1) is 41.4. The third kappa shape index (κ3) is 8.12. The van der Waals surface area contributed by atoms with Crippen LogP contribution < -0.4 is 15.4 Å². The lowest BCUT2D eigenvalue weighted by Gasteiger charge is -2.36. The van der Waals surface area contributed by atoms with Gasteiger partial charge in [-0.1, -0.05) is 37.1 Å². The molecule has 1 aromatic rings. The molecule has 5 unspecified atom stereocenters. The highest BCUT2D eigenvalue weighted by Gasteiger charge is 2.64. The van der Waals surface area contributed by atoms with Gasteiger partial charge in [-0.15, -0.1) is 0 Å². The summed E-state index contributed by atoms with van der Waals surface area (Å²) in [4.78, 5) is 68.8. The Morgan fingerprint density at radius 1 is 1.07 bits per heavy atom. The monoisotopic (exact) mass is 809 g/mol. The number of nitrogens with one attached hydrogen (secondary N) is 3. The zero-order valence-electron chi connectivity index (χ0n) is 31.2. The van der Waals surface area contributed by atoms with E-state index >= 15 is 0 Å². The third-order valence-corrected chi connectivity index (χ3v) is 12.6. The fourth-order valence-corrected chi connectivity index (χ4v) is 9.09. The van der Waals surface area contributed by atoms with Crippen LogP contribution >= 0.6 is 0 Å². The second-order valence-electron chi connectivity index (χ2n) is 16.3. The van der Waals surface area contributed by atoms with E-state index in [0.717, 1.165) is 18.2 Å². The molecular weight excluding hydrogens is 761 g/mol. The first-order valence-corrected chi connectivity index (χ1v) is 20.1. The minimum Gasteiger partial charge on any atom is -0.444 e. The highest BCUT2D eigenvalue weighted by Crippen LogP contribution is 2.48. The van der Waals surface area contributed by atoms with E-state index < -0.39 is 103 Å². The van der Waals surface area contributed by atoms with Gasteiger partial charge in [-0.3, -0.25) is 19.2 Å². The third-order valence-electron chi connectivity index (χ3n) is 10.7. The maximum absolute atomic E-state index is 14.7. The van der Waals surface area contributed by atoms with Crippen LogP contribution in [-0.2, 0) is 45.7 Å². The van der Waals surface area contributed by atoms with Crippen LogP contribution in [0.5, 0.6) is 0 Å². The number of carbonyl (C=O) groups is 5. The maximum atomic E-state index is 14.7. The first-order valence-electron chi connectivity index (χ1n) is 18.5. The van der Waals surface area contributed by atoms with Gasteiger partial charge in [0.25, 0.3) is 17.7 Å². The normalized spacial score (nSPS) is 30.3. The van der Waals surface area contributed by atoms with Crippen molar-refractivity contribution < 1.29 is 66.7 Å². The molecule has 2 saturated carbocycles. The molecule has 6 rings (SSSR count). The summed E-state index contributed by atoms with van der Waals surface area (Å²) < 4.78 is 53.4. The smallest absolute Gasteiger partial charge is 0.419 e. The van der Waals surface area contributed by atoms with E-state index in [1.165, 1.54) is 4.90 Å². The molecule has 1 saturated heterocycles. The largest absolute Gasteiger partial charge is 0.444 e. The van der Waals surface area contributed by atoms with Gasteiger partial charge in [0.2, 0.25) is 15.9 Å². The summed E-state index contributed by atoms with van der Waals surface area (Å²) in [6.45, 7) is 4.19. The molecule has 1 aromatic carbocycles. The van der Waals surface area contributed by atoms with Crippen molar-refractivity contribution in [1.82, 2.24) is 25.2 Å². The Morgan fingerprint density at radius 2 is 1.79 bits per heavy atom. The molecule has 56 heavy (non-hydrogen) atoms. The van der Waals surface area contributed by atoms with Crippen molar-refractivity contribution in [2.75, 3.05) is 13.1 Å². The van der Waals surface area contributed by atoms with Crippen LogP contribution in [0.1, 0.15) is 89.7 Å². The van der Waals surface area contributed by atoms with E-state index in [1.807, 2.05) is 6.08 Å². The summed E-state index contributed by atoms with van der Waals surface area (Å²) in [5, 5.41) is 48.0. The van der Waals surface area contributed by atoms with Crippen molar-refractivity contribution in [2.45, 2.75) is 124 Å². The average Bonchev–Trinajstić information content (AvgIpc) is 3.99. The van der Waals surface area contributed by atoms with Gasteiger partial charge in [-0.2, -0.15) is 4.90 Å². The molecule has 0 radical (unpaired) electrons. The Bertz CT molecular complexity index is 1920. The number of hydrogen-bond acceptors (Lipinski definition) is 14. The number of fused-ring (bicyclic) bond motifs is 3. The predicted octanol–water partition coefficient (Wildman–Crippen LogP) is 0.377. The number of carbonyl (C=O) groups excluding carboxylic acids is 5. The minimum atomic E-state index is -4.01. The summed E-state index contributed by atoms with van der Waals surface area (Å²) in [5.74, 6) is -10.6. The van der Waals surface area contributed by atoms with Crippen LogP contribution in [0.15, 0.2) is 30.4 Å². The molecule has 3 aliphatic heterocycles. The molecule has 7 N–H and O–H groups in total. The van der Waals surface area contributed by atoms with E-state index in [-0.39, 0.29) is 37.3 Å². The Kier molecular flexibility index (Phi) is 10.8. The molecular formula is C36H48FN5O13S. The van der Waals surface area contributed by atoms with Crippen LogP contribution in [0.3, 0.4) is 0 Å². The Balaban J connectivity index is 1.31. The zero-order chi connectivity index (χ0) is 41.1. The van der Waals surface area contributed by atoms with Crippen LogP contribution in [0, 0.1) is 11.7 Å². The molecule has 2 aliphatic carbocycles. The van der Waals surface area contributed by atoms with Crippen molar-refractivity contribution in [1.29, 1.82) is 0 Å². The number of rotatable bonds is 6. The predicted molar refractivity (Wildman–Crippen MR) is 190 cm³/mol. The molecule has 0 aromatic heterocycles. The second kappa shape index (κ2) is 14.6. The van der Waals surface area contributed by atoms with Crippen molar-refractivity contribution in [3.63, 3.8) is 0 Å². The molecule has 20 heteroatoms. The summed E-state index contributed by atoms with van der Waals surface area (Å²) in [5.41, 5.74) is -6.04. The molecule has 5 aliphatic rings. The highest BCUT2D eigenvalue weighted by molar-refractivity contribution is 7.91. The number of aldehydes is 1. The summed E-state index contributed by atoms with van der Waals surface area (Å²) in [7, 11) is -4.01. The van der Waals surface area contributed by atoms with E-state index in [0.29, 0.717) is 44.8 Å². The number of aliphatic hydroxyl groups is 4. The number of hydrogen-bond donors (Lipinski definition) is 7. The molecule has 4 amide bonds. The van der Waals surface area contributed by atoms with Crippen molar-refractivity contribution in [3.05, 3.63) is 47.3 Å². The van der Waals surface area contributed by atoms with Gasteiger partial charge in [0.1, 0.15) is 34.9 Å². The van der Waals surface area contributed by atoms with Gasteiger partial charge in [-0.25, -0.2) is 22.4 Å². The van der Waals surface area contributed by atoms with Gasteiger partial charge >= 0.3 is 12.2 Å². The zero-order valence-corrected chi connectivity index (χ0v) is 32.0. The number of allylic oxidation sites excluding steroid dienone is 1. The van der Waals surface area contributed by atoms with Gasteiger partial charge in [0, 0.05) is 31.0 Å². The Morgan fingerprint density at radius 3 is 2.43 bits per heavy atom. The van der Waals surface area contributed by atoms with Crippen LogP contribution in [0.2, 0.25) is 0 Å². The topological polar surface area (TPSA) is 261 Å². The number of ether oxygens (including phenoxy) is 2. The standard InChI is InChI=1S/C36H48FN5O13S/c1-32(2,3)55-30(46)39-33(20-43)15-8-6-4-5-7-10-21-17-34(21,29(45)40-56(52,53)23-13-14-23)38-28(44)26-16-22(18-41(26)19-33)54-31(47)42-35(48,49)24-11-9-12-25(37)27(24)36(42,50)51/h7,9-12,20-23,26,48-51H,4-6,8,13-19H2,1-3H3,(H,38,44)(H,39,46)(H,40,45). The molecule has 5 atom stereocenters. The fraction of sp³-hybridized carbons (Fsp3) is 0.639. The lowest BCUT2D eigenvalue weighted by Crippen LogP contribution is -2.61. The van der Waals surface area contributed by atoms with E-state index in [9.17, 15) is 57.2 Å². The Hall–Kier alpha value is -4.21. The van der Waals surface area contributed by atoms with Gasteiger partial charge in [0.05, 0.1) is 16.9 Å². The lowest BCUT2D eigenvalue weighted by molar-refractivity contribution is -0.362. The number of sulfonamides is 1. The number of alkyl carbamates (subject to hydrolysis) is 1. The van der Waals surface area contributed by atoms with Crippen molar-refractivity contribution >= 4 is 40.3 Å². The molecule has 0 bridgehead atoms. The van der Waals surface area contributed by atoms with Gasteiger partial charge < -0.3 is 45.3 Å². The van der Waals surface area contributed by atoms with Gasteiger partial charge in [0.15, 0.2) is 0 Å². The minimum absolute atomic E-state index is 0.0705. The fourth-order valence-electron chi connectivity index (χ4n) is 7.72. The van der Waals surface area contributed by atoms with Gasteiger partial charge in [-0.05, 0) is 65.4 Å². The molecule has 3 heterocycles. The summed E-state index contributed by atoms with van der Waals surface area (Å²) in [6, 6.07) is 1.51. The summed E-state index contributed by atoms with van der Waals surface area (Å²) >= 11 is 0. The van der Waals surface area contributed by atoms with Crippen LogP contribution in [0.25, 0.3) is 0 Å². The molecule has 3 fully saturated rings. The van der Waals surface area contributed by atoms with E-state index in [2.05, 4.69) is 15.4 Å². The number of halogens is 1. The van der Waals surface area contributed by atoms with Crippen LogP contribution in [-0.4, -0.2) is 116 Å². The number of benzene rings is 1.